The van der Waals surface area contributed by atoms with Crippen molar-refractivity contribution in [2.75, 3.05) is 26.3 Å². The lowest BCUT2D eigenvalue weighted by atomic mass is 9.91. The topological polar surface area (TPSA) is 113 Å². The van der Waals surface area contributed by atoms with E-state index in [0.717, 1.165) is 11.1 Å². The highest BCUT2D eigenvalue weighted by Crippen LogP contribution is 2.26. The Morgan fingerprint density at radius 3 is 1.94 bits per heavy atom. The number of ketones is 1. The van der Waals surface area contributed by atoms with E-state index in [1.807, 2.05) is 38.1 Å². The maximum Gasteiger partial charge on any atom is 0.311 e. The van der Waals surface area contributed by atoms with Crippen molar-refractivity contribution < 1.29 is 33.8 Å². The van der Waals surface area contributed by atoms with Crippen molar-refractivity contribution in [2.45, 2.75) is 71.8 Å². The fraction of sp³-hybridized carbons (Fsp3) is 0.630. The molecule has 2 aliphatic rings. The Bertz CT molecular complexity index is 952. The van der Waals surface area contributed by atoms with Crippen LogP contribution in [0.3, 0.4) is 0 Å². The minimum atomic E-state index is -1.45. The van der Waals surface area contributed by atoms with Gasteiger partial charge in [0.25, 0.3) is 0 Å². The SMILES string of the molecule is CC(C)OCCCOC(=O)C1CC(=O)N(Cc2ccc(CN3CC(C(=O)C(C)(C)O)CC3=O)cc2)C1. The molecule has 9 nitrogen and oxygen atoms in total. The van der Waals surface area contributed by atoms with Gasteiger partial charge in [-0.05, 0) is 38.8 Å². The van der Waals surface area contributed by atoms with Gasteiger partial charge in [0.15, 0.2) is 5.78 Å². The van der Waals surface area contributed by atoms with Crippen LogP contribution in [-0.2, 0) is 41.7 Å². The summed E-state index contributed by atoms with van der Waals surface area (Å²) in [5.74, 6) is -1.78. The van der Waals surface area contributed by atoms with E-state index < -0.39 is 17.4 Å². The smallest absolute Gasteiger partial charge is 0.311 e. The largest absolute Gasteiger partial charge is 0.465 e. The number of carbonyl (C=O) groups excluding carboxylic acids is 4. The quantitative estimate of drug-likeness (QED) is 0.344. The third kappa shape index (κ3) is 7.61. The Hall–Kier alpha value is -2.78. The predicted molar refractivity (Wildman–Crippen MR) is 131 cm³/mol. The lowest BCUT2D eigenvalue weighted by molar-refractivity contribution is -0.148. The fourth-order valence-corrected chi connectivity index (χ4v) is 4.54. The second-order valence-corrected chi connectivity index (χ2v) is 10.5. The molecule has 2 fully saturated rings. The number of nitrogens with zero attached hydrogens (tertiary/aromatic N) is 2. The number of amides is 2. The number of esters is 1. The van der Waals surface area contributed by atoms with Crippen LogP contribution in [0.1, 0.15) is 58.1 Å². The van der Waals surface area contributed by atoms with Gasteiger partial charge < -0.3 is 24.4 Å². The van der Waals surface area contributed by atoms with Crippen LogP contribution >= 0.6 is 0 Å². The molecule has 2 atom stereocenters. The van der Waals surface area contributed by atoms with Gasteiger partial charge in [-0.1, -0.05) is 24.3 Å². The first-order valence-electron chi connectivity index (χ1n) is 12.6. The van der Waals surface area contributed by atoms with E-state index in [1.54, 1.807) is 9.80 Å². The number of hydrogen-bond acceptors (Lipinski definition) is 7. The van der Waals surface area contributed by atoms with Crippen LogP contribution in [0.15, 0.2) is 24.3 Å². The summed E-state index contributed by atoms with van der Waals surface area (Å²) in [6.07, 6.45) is 1.04. The van der Waals surface area contributed by atoms with Crippen molar-refractivity contribution in [3.63, 3.8) is 0 Å². The first-order valence-corrected chi connectivity index (χ1v) is 12.6. The van der Waals surface area contributed by atoms with Crippen molar-refractivity contribution in [3.8, 4) is 0 Å². The highest BCUT2D eigenvalue weighted by Gasteiger charge is 2.40. The Morgan fingerprint density at radius 1 is 0.944 bits per heavy atom. The molecule has 198 valence electrons. The molecule has 0 aliphatic carbocycles. The number of carbonyl (C=O) groups is 4. The number of benzene rings is 1. The zero-order valence-corrected chi connectivity index (χ0v) is 21.7. The molecule has 2 saturated heterocycles. The third-order valence-electron chi connectivity index (χ3n) is 6.49. The van der Waals surface area contributed by atoms with Crippen molar-refractivity contribution in [1.82, 2.24) is 9.80 Å². The van der Waals surface area contributed by atoms with Crippen LogP contribution in [0.25, 0.3) is 0 Å². The van der Waals surface area contributed by atoms with E-state index in [2.05, 4.69) is 0 Å². The third-order valence-corrected chi connectivity index (χ3v) is 6.49. The molecule has 9 heteroatoms. The van der Waals surface area contributed by atoms with Crippen LogP contribution in [0, 0.1) is 11.8 Å². The summed E-state index contributed by atoms with van der Waals surface area (Å²) in [7, 11) is 0. The minimum absolute atomic E-state index is 0.0747. The maximum atomic E-state index is 12.4. The van der Waals surface area contributed by atoms with Crippen molar-refractivity contribution >= 4 is 23.6 Å². The summed E-state index contributed by atoms with van der Waals surface area (Å²) in [6.45, 7) is 9.02. The summed E-state index contributed by atoms with van der Waals surface area (Å²) in [5.41, 5.74) is 0.391. The summed E-state index contributed by atoms with van der Waals surface area (Å²) >= 11 is 0. The lowest BCUT2D eigenvalue weighted by Crippen LogP contribution is -2.38. The van der Waals surface area contributed by atoms with Crippen LogP contribution in [0.4, 0.5) is 0 Å². The molecule has 2 unspecified atom stereocenters. The molecule has 0 bridgehead atoms. The average Bonchev–Trinajstić information content (AvgIpc) is 3.35. The highest BCUT2D eigenvalue weighted by molar-refractivity contribution is 5.94. The molecule has 3 rings (SSSR count). The van der Waals surface area contributed by atoms with Gasteiger partial charge in [-0.3, -0.25) is 19.2 Å². The standard InChI is InChI=1S/C27H38N2O7/c1-18(2)35-10-5-11-36-26(33)22-13-24(31)29(17-22)15-20-8-6-19(7-9-20)14-28-16-21(12-23(28)30)25(32)27(3,4)34/h6-9,18,21-22,34H,5,10-17H2,1-4H3. The second-order valence-electron chi connectivity index (χ2n) is 10.5. The van der Waals surface area contributed by atoms with Crippen LogP contribution in [0.2, 0.25) is 0 Å². The monoisotopic (exact) mass is 502 g/mol. The predicted octanol–water partition coefficient (Wildman–Crippen LogP) is 2.08. The van der Waals surface area contributed by atoms with E-state index in [1.165, 1.54) is 13.8 Å². The summed E-state index contributed by atoms with van der Waals surface area (Å²) < 4.78 is 10.7. The zero-order valence-electron chi connectivity index (χ0n) is 21.7. The molecule has 2 aliphatic heterocycles. The van der Waals surface area contributed by atoms with E-state index in [9.17, 15) is 24.3 Å². The van der Waals surface area contributed by atoms with Crippen LogP contribution in [-0.4, -0.2) is 76.5 Å². The Kier molecular flexibility index (Phi) is 9.24. The van der Waals surface area contributed by atoms with Gasteiger partial charge in [0.05, 0.1) is 25.2 Å². The molecule has 1 N–H and O–H groups in total. The van der Waals surface area contributed by atoms with Gasteiger partial charge in [-0.25, -0.2) is 0 Å². The Morgan fingerprint density at radius 2 is 1.44 bits per heavy atom. The second kappa shape index (κ2) is 12.0. The van der Waals surface area contributed by atoms with E-state index >= 15 is 0 Å². The van der Waals surface area contributed by atoms with Crippen molar-refractivity contribution in [2.24, 2.45) is 11.8 Å². The molecule has 2 amide bonds. The number of ether oxygens (including phenoxy) is 2. The van der Waals surface area contributed by atoms with E-state index in [-0.39, 0.29) is 49.1 Å². The van der Waals surface area contributed by atoms with Crippen LogP contribution in [0.5, 0.6) is 0 Å². The summed E-state index contributed by atoms with van der Waals surface area (Å²) in [6, 6.07) is 7.62. The molecule has 0 saturated carbocycles. The molecule has 2 heterocycles. The molecular weight excluding hydrogens is 464 g/mol. The van der Waals surface area contributed by atoms with Crippen molar-refractivity contribution in [1.29, 1.82) is 0 Å². The van der Waals surface area contributed by atoms with Gasteiger partial charge in [0.2, 0.25) is 11.8 Å². The number of hydrogen-bond donors (Lipinski definition) is 1. The summed E-state index contributed by atoms with van der Waals surface area (Å²) in [4.78, 5) is 52.8. The molecular formula is C27H38N2O7. The number of Topliss-reactive ketones (excluding diaryl/α,β-unsaturated/α-hetero) is 1. The number of rotatable bonds is 12. The minimum Gasteiger partial charge on any atom is -0.465 e. The molecule has 1 aromatic carbocycles. The fourth-order valence-electron chi connectivity index (χ4n) is 4.54. The van der Waals surface area contributed by atoms with Crippen molar-refractivity contribution in [3.05, 3.63) is 35.4 Å². The maximum absolute atomic E-state index is 12.4. The molecule has 36 heavy (non-hydrogen) atoms. The van der Waals surface area contributed by atoms with Gasteiger partial charge in [-0.2, -0.15) is 0 Å². The highest BCUT2D eigenvalue weighted by atomic mass is 16.5. The molecule has 0 aromatic heterocycles. The lowest BCUT2D eigenvalue weighted by Gasteiger charge is -2.21. The normalized spacial score (nSPS) is 20.5. The van der Waals surface area contributed by atoms with Gasteiger partial charge in [0.1, 0.15) is 5.60 Å². The molecule has 0 radical (unpaired) electrons. The van der Waals surface area contributed by atoms with E-state index in [4.69, 9.17) is 9.47 Å². The summed E-state index contributed by atoms with van der Waals surface area (Å²) in [5, 5.41) is 9.96. The van der Waals surface area contributed by atoms with E-state index in [0.29, 0.717) is 39.2 Å². The molecule has 1 aromatic rings. The van der Waals surface area contributed by atoms with Gasteiger partial charge in [-0.15, -0.1) is 0 Å². The Labute approximate surface area is 212 Å². The number of likely N-dealkylation sites (tertiary alicyclic amines) is 2. The first-order chi connectivity index (χ1) is 16.9. The van der Waals surface area contributed by atoms with Crippen LogP contribution < -0.4 is 0 Å². The van der Waals surface area contributed by atoms with Gasteiger partial charge in [0, 0.05) is 51.4 Å². The first kappa shape index (κ1) is 27.8. The van der Waals surface area contributed by atoms with Gasteiger partial charge >= 0.3 is 5.97 Å². The average molecular weight is 503 g/mol. The molecule has 0 spiro atoms. The number of aliphatic hydroxyl groups is 1. The zero-order chi connectivity index (χ0) is 26.5. The Balaban J connectivity index is 1.46.